The van der Waals surface area contributed by atoms with Gasteiger partial charge in [0.1, 0.15) is 0 Å². The fourth-order valence-electron chi connectivity index (χ4n) is 1.49. The van der Waals surface area contributed by atoms with Crippen LogP contribution in [0, 0.1) is 0 Å². The van der Waals surface area contributed by atoms with Gasteiger partial charge in [0.15, 0.2) is 0 Å². The monoisotopic (exact) mass is 219 g/mol. The lowest BCUT2D eigenvalue weighted by Crippen LogP contribution is -2.16. The molecule has 0 saturated carbocycles. The molecule has 0 spiro atoms. The van der Waals surface area contributed by atoms with Gasteiger partial charge in [-0.05, 0) is 25.0 Å². The highest BCUT2D eigenvalue weighted by molar-refractivity contribution is 5.26. The van der Waals surface area contributed by atoms with Gasteiger partial charge in [0.25, 0.3) is 0 Å². The molecule has 1 N–H and O–H groups in total. The summed E-state index contributed by atoms with van der Waals surface area (Å²) in [5, 5.41) is 3.36. The van der Waals surface area contributed by atoms with Crippen molar-refractivity contribution in [3.63, 3.8) is 0 Å². The van der Waals surface area contributed by atoms with Gasteiger partial charge in [-0.2, -0.15) is 0 Å². The molecule has 1 rings (SSSR count). The van der Waals surface area contributed by atoms with E-state index >= 15 is 0 Å². The van der Waals surface area contributed by atoms with Gasteiger partial charge >= 0.3 is 0 Å². The molecule has 0 aliphatic carbocycles. The zero-order valence-electron chi connectivity index (χ0n) is 10.3. The quantitative estimate of drug-likeness (QED) is 0.712. The smallest absolute Gasteiger partial charge is 0.0719 e. The van der Waals surface area contributed by atoms with E-state index in [1.807, 2.05) is 13.8 Å². The Hall–Kier alpha value is -1.12. The Morgan fingerprint density at radius 2 is 2.00 bits per heavy atom. The Morgan fingerprint density at radius 1 is 1.31 bits per heavy atom. The summed E-state index contributed by atoms with van der Waals surface area (Å²) in [5.41, 5.74) is 3.72. The molecule has 0 radical (unpaired) electrons. The first-order valence-corrected chi connectivity index (χ1v) is 5.73. The highest BCUT2D eigenvalue weighted by atomic mass is 16.5. The summed E-state index contributed by atoms with van der Waals surface area (Å²) in [7, 11) is 0. The first kappa shape index (κ1) is 12.9. The van der Waals surface area contributed by atoms with Crippen LogP contribution in [0.3, 0.4) is 0 Å². The zero-order chi connectivity index (χ0) is 11.8. The Morgan fingerprint density at radius 3 is 2.62 bits per heavy atom. The molecule has 0 aliphatic heterocycles. The Kier molecular flexibility index (Phi) is 5.83. The molecule has 2 nitrogen and oxygen atoms in total. The van der Waals surface area contributed by atoms with Crippen molar-refractivity contribution in [3.05, 3.63) is 47.5 Å². The maximum Gasteiger partial charge on any atom is 0.0719 e. The molecule has 0 bridgehead atoms. The number of rotatable bonds is 7. The van der Waals surface area contributed by atoms with E-state index in [1.54, 1.807) is 0 Å². The summed E-state index contributed by atoms with van der Waals surface area (Å²) in [6.45, 7) is 11.1. The van der Waals surface area contributed by atoms with E-state index < -0.39 is 0 Å². The van der Waals surface area contributed by atoms with Gasteiger partial charge in [-0.25, -0.2) is 0 Å². The predicted molar refractivity (Wildman–Crippen MR) is 68.3 cm³/mol. The zero-order valence-corrected chi connectivity index (χ0v) is 10.3. The van der Waals surface area contributed by atoms with Crippen LogP contribution in [-0.4, -0.2) is 13.2 Å². The number of ether oxygens (including phenoxy) is 1. The van der Waals surface area contributed by atoms with Crippen molar-refractivity contribution >= 4 is 0 Å². The third-order valence-corrected chi connectivity index (χ3v) is 2.32. The lowest BCUT2D eigenvalue weighted by molar-refractivity contribution is 0.133. The molecule has 1 aromatic carbocycles. The summed E-state index contributed by atoms with van der Waals surface area (Å²) in [4.78, 5) is 0. The van der Waals surface area contributed by atoms with Gasteiger partial charge in [0, 0.05) is 19.7 Å². The molecular weight excluding hydrogens is 198 g/mol. The normalized spacial score (nSPS) is 10.4. The minimum absolute atomic E-state index is 0.696. The van der Waals surface area contributed by atoms with Crippen molar-refractivity contribution in [3.8, 4) is 0 Å². The van der Waals surface area contributed by atoms with Crippen LogP contribution in [0.4, 0.5) is 0 Å². The van der Waals surface area contributed by atoms with E-state index in [0.29, 0.717) is 6.61 Å². The van der Waals surface area contributed by atoms with Gasteiger partial charge in [-0.15, -0.1) is 0 Å². The van der Waals surface area contributed by atoms with Crippen molar-refractivity contribution < 1.29 is 4.74 Å². The van der Waals surface area contributed by atoms with E-state index in [-0.39, 0.29) is 0 Å². The second kappa shape index (κ2) is 7.20. The van der Waals surface area contributed by atoms with E-state index in [4.69, 9.17) is 4.74 Å². The number of hydrogen-bond donors (Lipinski definition) is 1. The molecule has 0 unspecified atom stereocenters. The number of benzene rings is 1. The van der Waals surface area contributed by atoms with Crippen LogP contribution in [0.1, 0.15) is 25.0 Å². The van der Waals surface area contributed by atoms with Crippen LogP contribution in [0.15, 0.2) is 36.4 Å². The van der Waals surface area contributed by atoms with Gasteiger partial charge in [0.05, 0.1) is 6.61 Å². The van der Waals surface area contributed by atoms with Crippen LogP contribution in [0.2, 0.25) is 0 Å². The lowest BCUT2D eigenvalue weighted by Gasteiger charge is -2.10. The Labute approximate surface area is 98.3 Å². The van der Waals surface area contributed by atoms with Crippen molar-refractivity contribution in [1.82, 2.24) is 5.32 Å². The second-order valence-electron chi connectivity index (χ2n) is 3.97. The fraction of sp³-hybridized carbons (Fsp3) is 0.429. The van der Waals surface area contributed by atoms with Gasteiger partial charge in [-0.3, -0.25) is 0 Å². The topological polar surface area (TPSA) is 21.3 Å². The molecule has 2 heteroatoms. The first-order chi connectivity index (χ1) is 7.74. The number of nitrogens with one attached hydrogen (secondary N) is 1. The largest absolute Gasteiger partial charge is 0.377 e. The van der Waals surface area contributed by atoms with E-state index in [0.717, 1.165) is 25.3 Å². The lowest BCUT2D eigenvalue weighted by atomic mass is 10.1. The molecule has 0 aromatic heterocycles. The van der Waals surface area contributed by atoms with Crippen LogP contribution < -0.4 is 5.32 Å². The van der Waals surface area contributed by atoms with Gasteiger partial charge in [0.2, 0.25) is 0 Å². The maximum atomic E-state index is 5.44. The van der Waals surface area contributed by atoms with E-state index in [9.17, 15) is 0 Å². The van der Waals surface area contributed by atoms with Crippen molar-refractivity contribution in [2.75, 3.05) is 13.2 Å². The molecule has 0 heterocycles. The minimum Gasteiger partial charge on any atom is -0.377 e. The van der Waals surface area contributed by atoms with E-state index in [1.165, 1.54) is 11.1 Å². The van der Waals surface area contributed by atoms with Crippen molar-refractivity contribution in [2.24, 2.45) is 0 Å². The van der Waals surface area contributed by atoms with E-state index in [2.05, 4.69) is 36.2 Å². The molecule has 0 fully saturated rings. The summed E-state index contributed by atoms with van der Waals surface area (Å²) in [5.74, 6) is 0. The van der Waals surface area contributed by atoms with Crippen molar-refractivity contribution in [2.45, 2.75) is 27.0 Å². The van der Waals surface area contributed by atoms with Crippen LogP contribution >= 0.6 is 0 Å². The van der Waals surface area contributed by atoms with Gasteiger partial charge in [-0.1, -0.05) is 36.4 Å². The highest BCUT2D eigenvalue weighted by Crippen LogP contribution is 2.09. The predicted octanol–water partition coefficient (Wildman–Crippen LogP) is 2.89. The maximum absolute atomic E-state index is 5.44. The first-order valence-electron chi connectivity index (χ1n) is 5.73. The third-order valence-electron chi connectivity index (χ3n) is 2.32. The minimum atomic E-state index is 0.696. The van der Waals surface area contributed by atoms with Crippen LogP contribution in [0.5, 0.6) is 0 Å². The summed E-state index contributed by atoms with van der Waals surface area (Å²) in [6.07, 6.45) is 0. The highest BCUT2D eigenvalue weighted by Gasteiger charge is 2.00. The second-order valence-corrected chi connectivity index (χ2v) is 3.97. The third kappa shape index (κ3) is 4.60. The molecule has 0 aliphatic rings. The Bertz CT molecular complexity index is 333. The number of hydrogen-bond acceptors (Lipinski definition) is 2. The van der Waals surface area contributed by atoms with Crippen LogP contribution in [0.25, 0.3) is 0 Å². The van der Waals surface area contributed by atoms with Crippen molar-refractivity contribution in [1.29, 1.82) is 0 Å². The average molecular weight is 219 g/mol. The molecule has 0 amide bonds. The van der Waals surface area contributed by atoms with Crippen LogP contribution in [-0.2, 0) is 17.9 Å². The molecule has 0 saturated heterocycles. The summed E-state index contributed by atoms with van der Waals surface area (Å²) in [6, 6.07) is 8.37. The molecule has 16 heavy (non-hydrogen) atoms. The fourth-order valence-corrected chi connectivity index (χ4v) is 1.49. The van der Waals surface area contributed by atoms with Gasteiger partial charge < -0.3 is 10.1 Å². The molecular formula is C14H21NO. The standard InChI is InChI=1S/C14H21NO/c1-4-16-11-14-8-6-5-7-13(14)10-15-9-12(2)3/h5-8,15H,2,4,9-11H2,1,3H3. The average Bonchev–Trinajstić information content (AvgIpc) is 2.27. The summed E-state index contributed by atoms with van der Waals surface area (Å²) >= 11 is 0. The Balaban J connectivity index is 2.52. The molecule has 1 aromatic rings. The molecule has 88 valence electrons. The molecule has 0 atom stereocenters. The summed E-state index contributed by atoms with van der Waals surface area (Å²) < 4.78 is 5.44. The SMILES string of the molecule is C=C(C)CNCc1ccccc1COCC.